The summed E-state index contributed by atoms with van der Waals surface area (Å²) in [5, 5.41) is 12.5. The van der Waals surface area contributed by atoms with E-state index in [-0.39, 0.29) is 60.6 Å². The monoisotopic (exact) mass is 1160 g/mol. The zero-order valence-electron chi connectivity index (χ0n) is 49.5. The molecule has 2 unspecified atom stereocenters. The maximum absolute atomic E-state index is 16.5. The third-order valence-electron chi connectivity index (χ3n) is 17.8. The number of hydrogen-bond acceptors (Lipinski definition) is 15. The summed E-state index contributed by atoms with van der Waals surface area (Å²) >= 11 is 0. The normalized spacial score (nSPS) is 22.2. The predicted molar refractivity (Wildman–Crippen MR) is 314 cm³/mol. The molecular formula is C62H78F3N11O8. The van der Waals surface area contributed by atoms with E-state index in [0.717, 1.165) is 91.6 Å². The number of carbonyl (C=O) groups excluding carboxylic acids is 4. The average molecular weight is 1160 g/mol. The number of benzene rings is 2. The minimum absolute atomic E-state index is 0.0191. The van der Waals surface area contributed by atoms with Gasteiger partial charge in [-0.3, -0.25) is 15.0 Å². The molecule has 2 bridgehead atoms. The van der Waals surface area contributed by atoms with E-state index < -0.39 is 53.6 Å². The highest BCUT2D eigenvalue weighted by atomic mass is 19.3. The maximum atomic E-state index is 16.5. The van der Waals surface area contributed by atoms with Crippen LogP contribution in [-0.4, -0.2) is 144 Å². The lowest BCUT2D eigenvalue weighted by molar-refractivity contribution is -0.120. The number of carbonyl (C=O) groups is 4. The second-order valence-corrected chi connectivity index (χ2v) is 25.9. The van der Waals surface area contributed by atoms with E-state index in [1.54, 1.807) is 76.9 Å². The summed E-state index contributed by atoms with van der Waals surface area (Å²) in [5.74, 6) is -4.34. The third kappa shape index (κ3) is 12.2. The number of piperidine rings is 2. The lowest BCUT2D eigenvalue weighted by Crippen LogP contribution is -2.55. The van der Waals surface area contributed by atoms with Gasteiger partial charge >= 0.3 is 18.2 Å². The molecule has 3 atom stereocenters. The van der Waals surface area contributed by atoms with Gasteiger partial charge in [-0.15, -0.1) is 10.2 Å². The van der Waals surface area contributed by atoms with Gasteiger partial charge in [0, 0.05) is 93.1 Å². The summed E-state index contributed by atoms with van der Waals surface area (Å²) in [6, 6.07) is 15.5. The van der Waals surface area contributed by atoms with Gasteiger partial charge in [0.15, 0.2) is 12.6 Å². The second-order valence-electron chi connectivity index (χ2n) is 25.9. The molecule has 5 saturated heterocycles. The Morgan fingerprint density at radius 2 is 1.48 bits per heavy atom. The minimum atomic E-state index is -3.05. The molecule has 8 heterocycles. The number of methoxy groups -OCH3 is 1. The topological polar surface area (TPSA) is 180 Å². The van der Waals surface area contributed by atoms with Gasteiger partial charge in [0.05, 0.1) is 35.5 Å². The number of fused-ring (bicyclic) bond motifs is 3. The summed E-state index contributed by atoms with van der Waals surface area (Å²) in [6.07, 6.45) is 9.93. The van der Waals surface area contributed by atoms with Crippen molar-refractivity contribution >= 4 is 63.7 Å². The number of pyridine rings is 1. The number of urea groups is 1. The van der Waals surface area contributed by atoms with Crippen molar-refractivity contribution in [2.75, 3.05) is 90.8 Å². The summed E-state index contributed by atoms with van der Waals surface area (Å²) in [4.78, 5) is 67.8. The highest BCUT2D eigenvalue weighted by Crippen LogP contribution is 2.50. The number of ether oxygens (including phenoxy) is 4. The smallest absolute Gasteiger partial charge is 0.425 e. The number of aromatic nitrogens is 4. The Morgan fingerprint density at radius 1 is 0.786 bits per heavy atom. The molecule has 84 heavy (non-hydrogen) atoms. The number of hydrogen-bond donors (Lipinski definition) is 1. The third-order valence-corrected chi connectivity index (χ3v) is 17.8. The number of halogens is 3. The Balaban J connectivity index is 0.746. The zero-order valence-corrected chi connectivity index (χ0v) is 49.5. The first-order valence-electron chi connectivity index (χ1n) is 29.6. The van der Waals surface area contributed by atoms with Crippen molar-refractivity contribution in [1.29, 1.82) is 0 Å². The number of imide groups is 2. The summed E-state index contributed by atoms with van der Waals surface area (Å²) < 4.78 is 74.1. The molecule has 1 saturated carbocycles. The highest BCUT2D eigenvalue weighted by Gasteiger charge is 2.48. The van der Waals surface area contributed by atoms with Crippen LogP contribution in [0.1, 0.15) is 117 Å². The second kappa shape index (κ2) is 23.0. The summed E-state index contributed by atoms with van der Waals surface area (Å²) in [6.45, 7) is 14.9. The van der Waals surface area contributed by atoms with Crippen LogP contribution in [0.15, 0.2) is 67.0 Å². The van der Waals surface area contributed by atoms with Crippen molar-refractivity contribution in [2.45, 2.75) is 148 Å². The van der Waals surface area contributed by atoms with Crippen LogP contribution in [0.4, 0.5) is 56.1 Å². The number of piperazine rings is 1. The SMILES string of the molecule is COCOc1ccccc1-c1cc(N2CC3CCC(C2)N3c2ccc(F)c(N3CC[C@H](CN4CCC5(CCC(n6cc(C)c7cc(N8CCC(=O)NC8=O)cnc76)CC5)CC4)C(F)(F)C3)c2)c(N(C(=O)OC(C)(C)C)C(=O)OC(C)(C)C)nn1. The Morgan fingerprint density at radius 3 is 2.13 bits per heavy atom. The van der Waals surface area contributed by atoms with Crippen LogP contribution < -0.4 is 34.6 Å². The van der Waals surface area contributed by atoms with Gasteiger partial charge in [0.2, 0.25) is 5.91 Å². The van der Waals surface area contributed by atoms with Crippen LogP contribution in [-0.2, 0) is 19.0 Å². The van der Waals surface area contributed by atoms with Crippen molar-refractivity contribution < 1.29 is 51.3 Å². The molecule has 5 amide bonds. The molecular weight excluding hydrogens is 1080 g/mol. The number of likely N-dealkylation sites (tertiary alicyclic amines) is 1. The summed E-state index contributed by atoms with van der Waals surface area (Å²) in [5.41, 5.74) is 3.16. The fraction of sp³-hybridized carbons (Fsp3) is 0.565. The van der Waals surface area contributed by atoms with Crippen molar-refractivity contribution in [3.8, 4) is 17.0 Å². The minimum Gasteiger partial charge on any atom is -0.467 e. The van der Waals surface area contributed by atoms with Crippen LogP contribution in [0.2, 0.25) is 0 Å². The Labute approximate surface area is 488 Å². The standard InChI is InChI=1S/C62H78F3N11O8/c1-39-33-74(54-47(39)29-45(32-66-54)73-26-20-53(77)67-56(73)78)41-17-21-61(22-18-41)23-27-70(28-24-61)34-40-19-25-71(37-62(40,64)65)50-30-42(15-16-48(50)63)75-43-13-14-44(75)36-72(35-43)51-31-49(46-11-9-10-12-52(46)82-38-81-8)68-69-55(51)76(57(79)83-59(2,3)4)58(80)84-60(5,6)7/h9-12,15-16,29-33,40-41,43-44H,13-14,17-28,34-38H2,1-8H3,(H,67,77,78)/t40-,43?,44?/m1/s1. The van der Waals surface area contributed by atoms with Crippen molar-refractivity contribution in [1.82, 2.24) is 30.0 Å². The van der Waals surface area contributed by atoms with E-state index in [1.165, 1.54) is 18.1 Å². The molecule has 1 aliphatic carbocycles. The Hall–Kier alpha value is -7.20. The van der Waals surface area contributed by atoms with Crippen LogP contribution in [0.3, 0.4) is 0 Å². The van der Waals surface area contributed by atoms with Gasteiger partial charge in [0.25, 0.3) is 5.92 Å². The van der Waals surface area contributed by atoms with Crippen molar-refractivity contribution in [3.63, 3.8) is 0 Å². The quantitative estimate of drug-likeness (QED) is 0.116. The van der Waals surface area contributed by atoms with Gasteiger partial charge in [-0.05, 0) is 173 Å². The summed E-state index contributed by atoms with van der Waals surface area (Å²) in [7, 11) is 1.52. The van der Waals surface area contributed by atoms with E-state index in [4.69, 9.17) is 23.9 Å². The molecule has 6 fully saturated rings. The highest BCUT2D eigenvalue weighted by molar-refractivity contribution is 6.11. The maximum Gasteiger partial charge on any atom is 0.425 e. The molecule has 3 aromatic heterocycles. The van der Waals surface area contributed by atoms with Crippen LogP contribution in [0, 0.1) is 24.1 Å². The van der Waals surface area contributed by atoms with Crippen LogP contribution >= 0.6 is 0 Å². The first-order valence-corrected chi connectivity index (χ1v) is 29.6. The van der Waals surface area contributed by atoms with Gasteiger partial charge in [0.1, 0.15) is 28.4 Å². The molecule has 19 nitrogen and oxygen atoms in total. The fourth-order valence-electron chi connectivity index (χ4n) is 13.6. The molecule has 2 aromatic carbocycles. The lowest BCUT2D eigenvalue weighted by Gasteiger charge is -2.48. The van der Waals surface area contributed by atoms with Crippen LogP contribution in [0.5, 0.6) is 5.75 Å². The van der Waals surface area contributed by atoms with Gasteiger partial charge in [-0.1, -0.05) is 12.1 Å². The lowest BCUT2D eigenvalue weighted by atomic mass is 9.67. The van der Waals surface area contributed by atoms with E-state index in [2.05, 4.69) is 47.9 Å². The van der Waals surface area contributed by atoms with Crippen LogP contribution in [0.25, 0.3) is 22.3 Å². The van der Waals surface area contributed by atoms with E-state index in [9.17, 15) is 19.2 Å². The molecule has 0 radical (unpaired) electrons. The molecule has 11 rings (SSSR count). The Bertz CT molecular complexity index is 3250. The number of nitrogens with zero attached hydrogens (tertiary/aromatic N) is 10. The average Bonchev–Trinajstić information content (AvgIpc) is 2.45. The first kappa shape index (κ1) is 58.6. The molecule has 1 spiro atoms. The predicted octanol–water partition coefficient (Wildman–Crippen LogP) is 11.3. The number of amides is 5. The number of para-hydroxylation sites is 1. The van der Waals surface area contributed by atoms with Gasteiger partial charge in [-0.2, -0.15) is 4.90 Å². The number of aryl methyl sites for hydroxylation is 1. The molecule has 22 heteroatoms. The van der Waals surface area contributed by atoms with E-state index in [1.807, 2.05) is 24.3 Å². The van der Waals surface area contributed by atoms with E-state index >= 15 is 13.2 Å². The Kier molecular flexibility index (Phi) is 16.0. The molecule has 450 valence electrons. The molecule has 6 aliphatic rings. The van der Waals surface area contributed by atoms with Gasteiger partial charge < -0.3 is 43.1 Å². The van der Waals surface area contributed by atoms with E-state index in [0.29, 0.717) is 61.1 Å². The van der Waals surface area contributed by atoms with Crippen molar-refractivity contribution in [2.24, 2.45) is 11.3 Å². The molecule has 5 aromatic rings. The molecule has 1 N–H and O–H groups in total. The van der Waals surface area contributed by atoms with Crippen molar-refractivity contribution in [3.05, 3.63) is 78.4 Å². The zero-order chi connectivity index (χ0) is 59.5. The fourth-order valence-corrected chi connectivity index (χ4v) is 13.6. The number of anilines is 5. The molecule has 5 aliphatic heterocycles. The largest absolute Gasteiger partial charge is 0.467 e. The first-order chi connectivity index (χ1) is 39.9. The van der Waals surface area contributed by atoms with Gasteiger partial charge in [-0.25, -0.2) is 32.5 Å². The number of rotatable bonds is 12. The number of alkyl halides is 2. The number of nitrogens with one attached hydrogen (secondary N) is 1.